The lowest BCUT2D eigenvalue weighted by molar-refractivity contribution is -0.121. The molecule has 3 rings (SSSR count). The molecule has 2 nitrogen and oxygen atoms in total. The van der Waals surface area contributed by atoms with Gasteiger partial charge in [0.25, 0.3) is 0 Å². The van der Waals surface area contributed by atoms with Gasteiger partial charge in [0.05, 0.1) is 0 Å². The summed E-state index contributed by atoms with van der Waals surface area (Å²) in [4.78, 5) is 14.5. The van der Waals surface area contributed by atoms with Crippen LogP contribution in [0.2, 0.25) is 0 Å². The highest BCUT2D eigenvalue weighted by molar-refractivity contribution is 7.99. The number of benzene rings is 1. The number of thioether (sulfide) groups is 1. The molecule has 2 aliphatic rings. The maximum absolute atomic E-state index is 12.5. The number of para-hydroxylation sites is 1. The van der Waals surface area contributed by atoms with Crippen LogP contribution in [0.15, 0.2) is 24.3 Å². The minimum Gasteiger partial charge on any atom is -0.312 e. The van der Waals surface area contributed by atoms with Crippen LogP contribution in [0.5, 0.6) is 0 Å². The van der Waals surface area contributed by atoms with Gasteiger partial charge in [0.1, 0.15) is 0 Å². The van der Waals surface area contributed by atoms with Crippen molar-refractivity contribution < 1.29 is 4.79 Å². The van der Waals surface area contributed by atoms with Crippen molar-refractivity contribution in [2.75, 3.05) is 23.0 Å². The number of fused-ring (bicyclic) bond motifs is 1. The van der Waals surface area contributed by atoms with Gasteiger partial charge in [-0.25, -0.2) is 0 Å². The van der Waals surface area contributed by atoms with Crippen molar-refractivity contribution in [1.29, 1.82) is 0 Å². The van der Waals surface area contributed by atoms with E-state index >= 15 is 0 Å². The van der Waals surface area contributed by atoms with Crippen LogP contribution in [0, 0.1) is 5.92 Å². The molecule has 90 valence electrons. The van der Waals surface area contributed by atoms with Crippen LogP contribution in [0.25, 0.3) is 0 Å². The van der Waals surface area contributed by atoms with Crippen molar-refractivity contribution in [3.05, 3.63) is 29.8 Å². The first-order valence-electron chi connectivity index (χ1n) is 6.33. The SMILES string of the molecule is O=C(C1CCSC1)N1CCCc2ccccc21. The van der Waals surface area contributed by atoms with Crippen LogP contribution >= 0.6 is 11.8 Å². The third-order valence-electron chi connectivity index (χ3n) is 3.66. The van der Waals surface area contributed by atoms with Crippen molar-refractivity contribution >= 4 is 23.4 Å². The fourth-order valence-corrected chi connectivity index (χ4v) is 3.92. The van der Waals surface area contributed by atoms with E-state index in [1.807, 2.05) is 22.7 Å². The molecule has 0 aliphatic carbocycles. The third kappa shape index (κ3) is 2.08. The van der Waals surface area contributed by atoms with Gasteiger partial charge in [0.15, 0.2) is 0 Å². The van der Waals surface area contributed by atoms with Crippen LogP contribution in [-0.4, -0.2) is 24.0 Å². The monoisotopic (exact) mass is 247 g/mol. The number of carbonyl (C=O) groups is 1. The lowest BCUT2D eigenvalue weighted by Crippen LogP contribution is -2.39. The van der Waals surface area contributed by atoms with E-state index < -0.39 is 0 Å². The summed E-state index contributed by atoms with van der Waals surface area (Å²) < 4.78 is 0. The first kappa shape index (κ1) is 11.1. The normalized spacial score (nSPS) is 23.5. The van der Waals surface area contributed by atoms with Gasteiger partial charge in [-0.15, -0.1) is 0 Å². The molecule has 0 bridgehead atoms. The topological polar surface area (TPSA) is 20.3 Å². The minimum atomic E-state index is 0.256. The second-order valence-electron chi connectivity index (χ2n) is 4.78. The van der Waals surface area contributed by atoms with E-state index in [-0.39, 0.29) is 5.92 Å². The molecule has 0 aromatic heterocycles. The summed E-state index contributed by atoms with van der Waals surface area (Å²) in [6.07, 6.45) is 3.27. The Bertz CT molecular complexity index is 426. The highest BCUT2D eigenvalue weighted by atomic mass is 32.2. The zero-order chi connectivity index (χ0) is 11.7. The fourth-order valence-electron chi connectivity index (χ4n) is 2.71. The Morgan fingerprint density at radius 1 is 1.35 bits per heavy atom. The Hall–Kier alpha value is -0.960. The van der Waals surface area contributed by atoms with Gasteiger partial charge in [0, 0.05) is 23.9 Å². The molecule has 1 unspecified atom stereocenters. The molecule has 2 heterocycles. The van der Waals surface area contributed by atoms with Crippen molar-refractivity contribution in [2.45, 2.75) is 19.3 Å². The largest absolute Gasteiger partial charge is 0.312 e. The van der Waals surface area contributed by atoms with Crippen molar-refractivity contribution in [2.24, 2.45) is 5.92 Å². The summed E-state index contributed by atoms with van der Waals surface area (Å²) in [5, 5.41) is 0. The van der Waals surface area contributed by atoms with E-state index in [0.717, 1.165) is 43.0 Å². The number of rotatable bonds is 1. The van der Waals surface area contributed by atoms with Gasteiger partial charge in [-0.3, -0.25) is 4.79 Å². The number of hydrogen-bond acceptors (Lipinski definition) is 2. The van der Waals surface area contributed by atoms with Crippen molar-refractivity contribution in [3.63, 3.8) is 0 Å². The Labute approximate surface area is 106 Å². The Kier molecular flexibility index (Phi) is 3.10. The Balaban J connectivity index is 1.86. The van der Waals surface area contributed by atoms with Crippen LogP contribution < -0.4 is 4.90 Å². The summed E-state index contributed by atoms with van der Waals surface area (Å²) in [6, 6.07) is 8.35. The Morgan fingerprint density at radius 2 is 2.24 bits per heavy atom. The molecule has 17 heavy (non-hydrogen) atoms. The number of anilines is 1. The fraction of sp³-hybridized carbons (Fsp3) is 0.500. The number of carbonyl (C=O) groups excluding carboxylic acids is 1. The standard InChI is InChI=1S/C14H17NOS/c16-14(12-7-9-17-10-12)15-8-3-5-11-4-1-2-6-13(11)15/h1-2,4,6,12H,3,5,7-10H2. The van der Waals surface area contributed by atoms with Crippen LogP contribution in [-0.2, 0) is 11.2 Å². The molecule has 1 aromatic rings. The summed E-state index contributed by atoms with van der Waals surface area (Å²) in [6.45, 7) is 0.900. The second-order valence-corrected chi connectivity index (χ2v) is 5.93. The summed E-state index contributed by atoms with van der Waals surface area (Å²) >= 11 is 1.91. The van der Waals surface area contributed by atoms with Gasteiger partial charge >= 0.3 is 0 Å². The second kappa shape index (κ2) is 4.73. The molecular weight excluding hydrogens is 230 g/mol. The summed E-state index contributed by atoms with van der Waals surface area (Å²) in [5.74, 6) is 2.76. The van der Waals surface area contributed by atoms with Gasteiger partial charge in [-0.1, -0.05) is 18.2 Å². The first-order valence-corrected chi connectivity index (χ1v) is 7.49. The van der Waals surface area contributed by atoms with Crippen LogP contribution in [0.1, 0.15) is 18.4 Å². The molecule has 1 atom stereocenters. The first-order chi connectivity index (χ1) is 8.36. The number of nitrogens with zero attached hydrogens (tertiary/aromatic N) is 1. The van der Waals surface area contributed by atoms with Crippen LogP contribution in [0.3, 0.4) is 0 Å². The van der Waals surface area contributed by atoms with Gasteiger partial charge in [-0.2, -0.15) is 11.8 Å². The molecular formula is C14H17NOS. The average molecular weight is 247 g/mol. The maximum atomic E-state index is 12.5. The maximum Gasteiger partial charge on any atom is 0.230 e. The van der Waals surface area contributed by atoms with E-state index in [9.17, 15) is 4.79 Å². The average Bonchev–Trinajstić information content (AvgIpc) is 2.91. The highest BCUT2D eigenvalue weighted by Crippen LogP contribution is 2.31. The van der Waals surface area contributed by atoms with E-state index in [1.54, 1.807) is 0 Å². The highest BCUT2D eigenvalue weighted by Gasteiger charge is 2.30. The van der Waals surface area contributed by atoms with E-state index in [2.05, 4.69) is 18.2 Å². The quantitative estimate of drug-likeness (QED) is 0.760. The van der Waals surface area contributed by atoms with E-state index in [1.165, 1.54) is 5.56 Å². The number of amides is 1. The minimum absolute atomic E-state index is 0.256. The summed E-state index contributed by atoms with van der Waals surface area (Å²) in [5.41, 5.74) is 2.48. The van der Waals surface area contributed by atoms with Crippen molar-refractivity contribution in [3.8, 4) is 0 Å². The molecule has 0 N–H and O–H groups in total. The smallest absolute Gasteiger partial charge is 0.230 e. The zero-order valence-electron chi connectivity index (χ0n) is 9.89. The lowest BCUT2D eigenvalue weighted by Gasteiger charge is -2.31. The van der Waals surface area contributed by atoms with Gasteiger partial charge in [0.2, 0.25) is 5.91 Å². The molecule has 1 aromatic carbocycles. The molecule has 1 fully saturated rings. The lowest BCUT2D eigenvalue weighted by atomic mass is 9.99. The number of hydrogen-bond donors (Lipinski definition) is 0. The molecule has 2 aliphatic heterocycles. The van der Waals surface area contributed by atoms with Gasteiger partial charge in [-0.05, 0) is 36.6 Å². The molecule has 1 saturated heterocycles. The third-order valence-corrected chi connectivity index (χ3v) is 4.82. The van der Waals surface area contributed by atoms with Crippen molar-refractivity contribution in [1.82, 2.24) is 0 Å². The summed E-state index contributed by atoms with van der Waals surface area (Å²) in [7, 11) is 0. The molecule has 1 amide bonds. The number of aryl methyl sites for hydroxylation is 1. The predicted molar refractivity (Wildman–Crippen MR) is 72.5 cm³/mol. The molecule has 0 spiro atoms. The van der Waals surface area contributed by atoms with E-state index in [4.69, 9.17) is 0 Å². The molecule has 0 radical (unpaired) electrons. The molecule has 0 saturated carbocycles. The predicted octanol–water partition coefficient (Wildman–Crippen LogP) is 2.72. The molecule has 3 heteroatoms. The Morgan fingerprint density at radius 3 is 3.06 bits per heavy atom. The zero-order valence-corrected chi connectivity index (χ0v) is 10.7. The van der Waals surface area contributed by atoms with Gasteiger partial charge < -0.3 is 4.90 Å². The van der Waals surface area contributed by atoms with E-state index in [0.29, 0.717) is 5.91 Å². The van der Waals surface area contributed by atoms with Crippen LogP contribution in [0.4, 0.5) is 5.69 Å².